The molecule has 1 aliphatic rings. The molecule has 6 heteroatoms. The van der Waals surface area contributed by atoms with Gasteiger partial charge in [-0.1, -0.05) is 25.1 Å². The van der Waals surface area contributed by atoms with Gasteiger partial charge in [0.05, 0.1) is 17.3 Å². The van der Waals surface area contributed by atoms with Crippen molar-refractivity contribution in [2.45, 2.75) is 31.2 Å². The first-order chi connectivity index (χ1) is 9.70. The summed E-state index contributed by atoms with van der Waals surface area (Å²) in [7, 11) is -0.970. The summed E-state index contributed by atoms with van der Waals surface area (Å²) in [6.07, 6.45) is 1.21. The van der Waals surface area contributed by atoms with Crippen LogP contribution in [-0.2, 0) is 10.8 Å². The van der Waals surface area contributed by atoms with E-state index in [0.717, 1.165) is 23.3 Å². The van der Waals surface area contributed by atoms with Crippen molar-refractivity contribution in [3.63, 3.8) is 0 Å². The van der Waals surface area contributed by atoms with Crippen LogP contribution in [0.4, 0.5) is 0 Å². The van der Waals surface area contributed by atoms with Crippen molar-refractivity contribution in [3.05, 3.63) is 30.3 Å². The summed E-state index contributed by atoms with van der Waals surface area (Å²) in [5, 5.41) is 6.62. The molecule has 1 aliphatic carbocycles. The second-order valence-electron chi connectivity index (χ2n) is 5.09. The highest BCUT2D eigenvalue weighted by Gasteiger charge is 2.33. The largest absolute Gasteiger partial charge is 0.357 e. The summed E-state index contributed by atoms with van der Waals surface area (Å²) in [4.78, 5) is 5.37. The van der Waals surface area contributed by atoms with Crippen molar-refractivity contribution in [1.82, 2.24) is 10.6 Å². The van der Waals surface area contributed by atoms with E-state index in [9.17, 15) is 4.21 Å². The van der Waals surface area contributed by atoms with Crippen molar-refractivity contribution in [3.8, 4) is 0 Å². The maximum Gasteiger partial charge on any atom is 0.191 e. The van der Waals surface area contributed by atoms with Gasteiger partial charge in [0.15, 0.2) is 5.96 Å². The first-order valence-electron chi connectivity index (χ1n) is 7.19. The average molecular weight is 421 g/mol. The minimum Gasteiger partial charge on any atom is -0.357 e. The second-order valence-corrected chi connectivity index (χ2v) is 6.66. The number of hydrogen-bond acceptors (Lipinski definition) is 2. The first-order valence-corrected chi connectivity index (χ1v) is 8.51. The van der Waals surface area contributed by atoms with E-state index in [0.29, 0.717) is 18.3 Å². The minimum atomic E-state index is -0.970. The summed E-state index contributed by atoms with van der Waals surface area (Å²) in [5.41, 5.74) is 0. The molecule has 0 aliphatic heterocycles. The van der Waals surface area contributed by atoms with Crippen molar-refractivity contribution < 1.29 is 4.21 Å². The Labute approximate surface area is 146 Å². The van der Waals surface area contributed by atoms with E-state index in [4.69, 9.17) is 0 Å². The molecule has 4 nitrogen and oxygen atoms in total. The molecule has 2 rings (SSSR count). The minimum absolute atomic E-state index is 0. The van der Waals surface area contributed by atoms with E-state index >= 15 is 0 Å². The molecule has 1 aromatic carbocycles. The number of nitrogens with zero attached hydrogens (tertiary/aromatic N) is 1. The Hall–Kier alpha value is -0.630. The summed E-state index contributed by atoms with van der Waals surface area (Å²) in [6, 6.07) is 10.1. The maximum atomic E-state index is 12.1. The molecule has 0 aromatic heterocycles. The Morgan fingerprint density at radius 2 is 2.05 bits per heavy atom. The van der Waals surface area contributed by atoms with E-state index in [-0.39, 0.29) is 24.0 Å². The number of guanidine groups is 1. The van der Waals surface area contributed by atoms with Gasteiger partial charge in [0, 0.05) is 23.2 Å². The van der Waals surface area contributed by atoms with Gasteiger partial charge in [0.1, 0.15) is 0 Å². The molecule has 0 saturated heterocycles. The molecule has 2 N–H and O–H groups in total. The van der Waals surface area contributed by atoms with Gasteiger partial charge >= 0.3 is 0 Å². The van der Waals surface area contributed by atoms with Crippen molar-refractivity contribution >= 4 is 40.7 Å². The van der Waals surface area contributed by atoms with Crippen LogP contribution in [0.5, 0.6) is 0 Å². The van der Waals surface area contributed by atoms with Crippen LogP contribution in [0.1, 0.15) is 20.3 Å². The topological polar surface area (TPSA) is 53.5 Å². The molecule has 1 saturated carbocycles. The predicted molar refractivity (Wildman–Crippen MR) is 99.8 cm³/mol. The smallest absolute Gasteiger partial charge is 0.191 e. The van der Waals surface area contributed by atoms with Gasteiger partial charge in [-0.2, -0.15) is 0 Å². The molecule has 1 fully saturated rings. The fourth-order valence-corrected chi connectivity index (χ4v) is 2.90. The predicted octanol–water partition coefficient (Wildman–Crippen LogP) is 2.38. The molecule has 118 valence electrons. The molecule has 3 unspecified atom stereocenters. The zero-order valence-electron chi connectivity index (χ0n) is 12.5. The molecule has 0 spiro atoms. The number of nitrogens with one attached hydrogen (secondary N) is 2. The average Bonchev–Trinajstić information content (AvgIpc) is 3.15. The van der Waals surface area contributed by atoms with Crippen LogP contribution in [0.3, 0.4) is 0 Å². The molecular weight excluding hydrogens is 397 g/mol. The van der Waals surface area contributed by atoms with Gasteiger partial charge in [-0.25, -0.2) is 0 Å². The normalized spacial score (nSPS) is 22.1. The highest BCUT2D eigenvalue weighted by atomic mass is 127. The number of benzene rings is 1. The van der Waals surface area contributed by atoms with Crippen LogP contribution in [0.15, 0.2) is 40.2 Å². The summed E-state index contributed by atoms with van der Waals surface area (Å²) in [6.45, 7) is 5.69. The molecule has 0 bridgehead atoms. The zero-order chi connectivity index (χ0) is 14.4. The lowest BCUT2D eigenvalue weighted by Crippen LogP contribution is -2.39. The second kappa shape index (κ2) is 9.40. The summed E-state index contributed by atoms with van der Waals surface area (Å²) in [5.74, 6) is 2.13. The number of halogens is 1. The quantitative estimate of drug-likeness (QED) is 0.422. The van der Waals surface area contributed by atoms with Crippen molar-refractivity contribution in [1.29, 1.82) is 0 Å². The van der Waals surface area contributed by atoms with Crippen molar-refractivity contribution in [2.24, 2.45) is 10.9 Å². The lowest BCUT2D eigenvalue weighted by atomic mass is 10.4. The van der Waals surface area contributed by atoms with Gasteiger partial charge in [0.25, 0.3) is 0 Å². The van der Waals surface area contributed by atoms with Crippen LogP contribution < -0.4 is 10.6 Å². The molecule has 1 aromatic rings. The highest BCUT2D eigenvalue weighted by molar-refractivity contribution is 14.0. The Bertz CT molecular complexity index is 481. The Balaban J connectivity index is 0.00000220. The number of aliphatic imine (C=N–C) groups is 1. The summed E-state index contributed by atoms with van der Waals surface area (Å²) < 4.78 is 12.1. The molecule has 3 atom stereocenters. The maximum absolute atomic E-state index is 12.1. The van der Waals surface area contributed by atoms with E-state index in [1.54, 1.807) is 0 Å². The van der Waals surface area contributed by atoms with E-state index in [1.807, 2.05) is 30.3 Å². The lowest BCUT2D eigenvalue weighted by Gasteiger charge is -2.10. The van der Waals surface area contributed by atoms with E-state index in [1.165, 1.54) is 6.42 Å². The Morgan fingerprint density at radius 1 is 1.38 bits per heavy atom. The summed E-state index contributed by atoms with van der Waals surface area (Å²) >= 11 is 0. The standard InChI is InChI=1S/C15H23N3OS.HI/c1-3-16-15(18-14-11-12(14)2)17-9-10-20(19)13-7-5-4-6-8-13;/h4-8,12,14H,3,9-11H2,1-2H3,(H2,16,17,18);1H. The van der Waals surface area contributed by atoms with Crippen LogP contribution in [0, 0.1) is 5.92 Å². The molecule has 0 amide bonds. The molecule has 0 heterocycles. The first kappa shape index (κ1) is 18.4. The SMILES string of the molecule is CCNC(=NCCS(=O)c1ccccc1)NC1CC1C.I. The van der Waals surface area contributed by atoms with Gasteiger partial charge < -0.3 is 10.6 Å². The van der Waals surface area contributed by atoms with E-state index in [2.05, 4.69) is 29.5 Å². The zero-order valence-corrected chi connectivity index (χ0v) is 15.7. The van der Waals surface area contributed by atoms with Crippen LogP contribution >= 0.6 is 24.0 Å². The Morgan fingerprint density at radius 3 is 2.62 bits per heavy atom. The third-order valence-electron chi connectivity index (χ3n) is 3.33. The van der Waals surface area contributed by atoms with Gasteiger partial charge in [0.2, 0.25) is 0 Å². The van der Waals surface area contributed by atoms with Gasteiger partial charge in [-0.05, 0) is 31.4 Å². The van der Waals surface area contributed by atoms with Crippen molar-refractivity contribution in [2.75, 3.05) is 18.8 Å². The monoisotopic (exact) mass is 421 g/mol. The molecular formula is C15H24IN3OS. The van der Waals surface area contributed by atoms with Gasteiger partial charge in [-0.15, -0.1) is 24.0 Å². The highest BCUT2D eigenvalue weighted by Crippen LogP contribution is 2.28. The third kappa shape index (κ3) is 6.34. The van der Waals surface area contributed by atoms with Gasteiger partial charge in [-0.3, -0.25) is 9.20 Å². The van der Waals surface area contributed by atoms with Crippen LogP contribution in [0.25, 0.3) is 0 Å². The third-order valence-corrected chi connectivity index (χ3v) is 4.68. The lowest BCUT2D eigenvalue weighted by molar-refractivity contribution is 0.682. The Kier molecular flexibility index (Phi) is 8.24. The fraction of sp³-hybridized carbons (Fsp3) is 0.533. The number of rotatable bonds is 6. The molecule has 21 heavy (non-hydrogen) atoms. The van der Waals surface area contributed by atoms with Crippen LogP contribution in [0.2, 0.25) is 0 Å². The van der Waals surface area contributed by atoms with Crippen LogP contribution in [-0.4, -0.2) is 35.1 Å². The fourth-order valence-electron chi connectivity index (χ4n) is 1.95. The van der Waals surface area contributed by atoms with E-state index < -0.39 is 10.8 Å². The molecule has 0 radical (unpaired) electrons. The number of hydrogen-bond donors (Lipinski definition) is 2.